The van der Waals surface area contributed by atoms with Gasteiger partial charge in [-0.05, 0) is 6.42 Å². The van der Waals surface area contributed by atoms with E-state index in [1.807, 2.05) is 41.8 Å². The minimum absolute atomic E-state index is 0.0676. The first-order valence-corrected chi connectivity index (χ1v) is 4.50. The van der Waals surface area contributed by atoms with Gasteiger partial charge in [0.15, 0.2) is 6.54 Å². The van der Waals surface area contributed by atoms with Crippen molar-refractivity contribution in [3.05, 3.63) is 18.7 Å². The van der Waals surface area contributed by atoms with Crippen molar-refractivity contribution in [2.45, 2.75) is 19.9 Å². The van der Waals surface area contributed by atoms with Crippen LogP contribution in [-0.2, 0) is 18.4 Å². The Labute approximate surface area is 78.2 Å². The Morgan fingerprint density at radius 2 is 2.38 bits per heavy atom. The number of hydrogen-bond donors (Lipinski definition) is 1. The standard InChI is InChI=1S/C9H15N3O/c1-3-4-10-9(13)7-12-6-5-11(2)8-12/h5-6,8H,3-4,7H2,1-2H3/p+1. The molecule has 0 radical (unpaired) electrons. The molecular weight excluding hydrogens is 166 g/mol. The minimum Gasteiger partial charge on any atom is -0.353 e. The highest BCUT2D eigenvalue weighted by atomic mass is 16.1. The number of imidazole rings is 1. The maximum atomic E-state index is 11.2. The first-order chi connectivity index (χ1) is 6.22. The van der Waals surface area contributed by atoms with Gasteiger partial charge in [-0.2, -0.15) is 0 Å². The molecule has 1 N–H and O–H groups in total. The molecule has 1 heterocycles. The number of rotatable bonds is 4. The summed E-state index contributed by atoms with van der Waals surface area (Å²) in [6, 6.07) is 0. The fraction of sp³-hybridized carbons (Fsp3) is 0.556. The summed E-state index contributed by atoms with van der Waals surface area (Å²) in [4.78, 5) is 11.2. The molecule has 0 spiro atoms. The summed E-state index contributed by atoms with van der Waals surface area (Å²) in [6.07, 6.45) is 6.65. The van der Waals surface area contributed by atoms with Gasteiger partial charge in [-0.15, -0.1) is 0 Å². The Hall–Kier alpha value is -1.32. The number of nitrogens with zero attached hydrogens (tertiary/aromatic N) is 2. The lowest BCUT2D eigenvalue weighted by molar-refractivity contribution is -0.671. The summed E-state index contributed by atoms with van der Waals surface area (Å²) < 4.78 is 3.76. The van der Waals surface area contributed by atoms with Crippen molar-refractivity contribution in [1.82, 2.24) is 9.88 Å². The second-order valence-corrected chi connectivity index (χ2v) is 3.10. The lowest BCUT2D eigenvalue weighted by Crippen LogP contribution is -2.29. The van der Waals surface area contributed by atoms with Crippen molar-refractivity contribution < 1.29 is 9.36 Å². The zero-order chi connectivity index (χ0) is 9.68. The molecule has 1 amide bonds. The molecule has 13 heavy (non-hydrogen) atoms. The van der Waals surface area contributed by atoms with Crippen LogP contribution >= 0.6 is 0 Å². The molecule has 72 valence electrons. The Bertz CT molecular complexity index is 280. The van der Waals surface area contributed by atoms with E-state index >= 15 is 0 Å². The first-order valence-electron chi connectivity index (χ1n) is 4.50. The van der Waals surface area contributed by atoms with Gasteiger partial charge in [-0.3, -0.25) is 4.79 Å². The number of aromatic nitrogens is 2. The minimum atomic E-state index is 0.0676. The number of carbonyl (C=O) groups excluding carboxylic acids is 1. The van der Waals surface area contributed by atoms with E-state index < -0.39 is 0 Å². The monoisotopic (exact) mass is 182 g/mol. The average Bonchev–Trinajstić information content (AvgIpc) is 2.48. The third kappa shape index (κ3) is 3.27. The highest BCUT2D eigenvalue weighted by Gasteiger charge is 2.05. The second kappa shape index (κ2) is 4.64. The molecule has 1 rings (SSSR count). The SMILES string of the molecule is CCCNC(=O)Cn1cc[n+](C)c1. The van der Waals surface area contributed by atoms with E-state index in [0.717, 1.165) is 13.0 Å². The Kier molecular flexibility index (Phi) is 3.49. The first kappa shape index (κ1) is 9.77. The van der Waals surface area contributed by atoms with Crippen molar-refractivity contribution in [3.8, 4) is 0 Å². The van der Waals surface area contributed by atoms with Crippen molar-refractivity contribution in [2.75, 3.05) is 6.54 Å². The van der Waals surface area contributed by atoms with Crippen LogP contribution in [0.1, 0.15) is 13.3 Å². The number of hydrogen-bond acceptors (Lipinski definition) is 1. The van der Waals surface area contributed by atoms with Crippen LogP contribution in [0.25, 0.3) is 0 Å². The van der Waals surface area contributed by atoms with Gasteiger partial charge in [0.1, 0.15) is 12.4 Å². The van der Waals surface area contributed by atoms with Gasteiger partial charge in [0, 0.05) is 6.54 Å². The molecule has 0 aromatic carbocycles. The molecule has 0 aliphatic carbocycles. The average molecular weight is 182 g/mol. The third-order valence-electron chi connectivity index (χ3n) is 1.72. The lowest BCUT2D eigenvalue weighted by Gasteiger charge is -1.99. The number of carbonyl (C=O) groups is 1. The van der Waals surface area contributed by atoms with E-state index in [1.54, 1.807) is 0 Å². The molecule has 0 aliphatic rings. The largest absolute Gasteiger partial charge is 0.353 e. The predicted molar refractivity (Wildman–Crippen MR) is 48.9 cm³/mol. The molecule has 0 atom stereocenters. The molecule has 0 unspecified atom stereocenters. The van der Waals surface area contributed by atoms with Crippen LogP contribution in [0.2, 0.25) is 0 Å². The lowest BCUT2D eigenvalue weighted by atomic mass is 10.4. The summed E-state index contributed by atoms with van der Waals surface area (Å²) in [6.45, 7) is 3.20. The maximum absolute atomic E-state index is 11.2. The van der Waals surface area contributed by atoms with E-state index in [-0.39, 0.29) is 5.91 Å². The van der Waals surface area contributed by atoms with Crippen LogP contribution in [0.3, 0.4) is 0 Å². The number of amides is 1. The van der Waals surface area contributed by atoms with Gasteiger partial charge in [0.2, 0.25) is 6.33 Å². The van der Waals surface area contributed by atoms with Gasteiger partial charge in [0.05, 0.1) is 7.05 Å². The zero-order valence-electron chi connectivity index (χ0n) is 8.16. The van der Waals surface area contributed by atoms with Gasteiger partial charge >= 0.3 is 0 Å². The molecule has 0 fully saturated rings. The highest BCUT2D eigenvalue weighted by Crippen LogP contribution is 1.83. The Morgan fingerprint density at radius 1 is 1.62 bits per heavy atom. The quantitative estimate of drug-likeness (QED) is 0.645. The molecule has 0 aliphatic heterocycles. The molecular formula is C9H16N3O+. The fourth-order valence-electron chi connectivity index (χ4n) is 1.08. The number of nitrogens with one attached hydrogen (secondary N) is 1. The summed E-state index contributed by atoms with van der Waals surface area (Å²) in [7, 11) is 1.93. The van der Waals surface area contributed by atoms with E-state index in [4.69, 9.17) is 0 Å². The molecule has 0 bridgehead atoms. The smallest absolute Gasteiger partial charge is 0.262 e. The molecule has 0 saturated heterocycles. The van der Waals surface area contributed by atoms with E-state index in [2.05, 4.69) is 5.32 Å². The van der Waals surface area contributed by atoms with Crippen LogP contribution in [-0.4, -0.2) is 17.0 Å². The highest BCUT2D eigenvalue weighted by molar-refractivity contribution is 5.75. The van der Waals surface area contributed by atoms with Gasteiger partial charge < -0.3 is 5.32 Å². The molecule has 1 aromatic rings. The maximum Gasteiger partial charge on any atom is 0.262 e. The fourth-order valence-corrected chi connectivity index (χ4v) is 1.08. The summed E-state index contributed by atoms with van der Waals surface area (Å²) in [5, 5.41) is 2.82. The van der Waals surface area contributed by atoms with Crippen LogP contribution in [0.5, 0.6) is 0 Å². The summed E-state index contributed by atoms with van der Waals surface area (Å²) in [5.74, 6) is 0.0676. The molecule has 1 aromatic heterocycles. The van der Waals surface area contributed by atoms with Crippen LogP contribution < -0.4 is 9.88 Å². The van der Waals surface area contributed by atoms with E-state index in [9.17, 15) is 4.79 Å². The summed E-state index contributed by atoms with van der Waals surface area (Å²) >= 11 is 0. The van der Waals surface area contributed by atoms with Crippen LogP contribution in [0.4, 0.5) is 0 Å². The van der Waals surface area contributed by atoms with Crippen molar-refractivity contribution in [3.63, 3.8) is 0 Å². The van der Waals surface area contributed by atoms with E-state index in [0.29, 0.717) is 6.54 Å². The van der Waals surface area contributed by atoms with Crippen LogP contribution in [0.15, 0.2) is 18.7 Å². The zero-order valence-corrected chi connectivity index (χ0v) is 8.16. The van der Waals surface area contributed by atoms with Gasteiger partial charge in [-0.25, -0.2) is 9.13 Å². The topological polar surface area (TPSA) is 37.9 Å². The van der Waals surface area contributed by atoms with Crippen molar-refractivity contribution >= 4 is 5.91 Å². The van der Waals surface area contributed by atoms with Gasteiger partial charge in [0.25, 0.3) is 5.91 Å². The Balaban J connectivity index is 2.36. The normalized spacial score (nSPS) is 10.0. The molecule has 0 saturated carbocycles. The molecule has 4 nitrogen and oxygen atoms in total. The Morgan fingerprint density at radius 3 is 2.92 bits per heavy atom. The number of aryl methyl sites for hydroxylation is 1. The van der Waals surface area contributed by atoms with Crippen LogP contribution in [0, 0.1) is 0 Å². The molecule has 4 heteroatoms. The van der Waals surface area contributed by atoms with Crippen molar-refractivity contribution in [2.24, 2.45) is 7.05 Å². The van der Waals surface area contributed by atoms with Gasteiger partial charge in [-0.1, -0.05) is 6.92 Å². The third-order valence-corrected chi connectivity index (χ3v) is 1.72. The van der Waals surface area contributed by atoms with E-state index in [1.165, 1.54) is 0 Å². The summed E-state index contributed by atoms with van der Waals surface area (Å²) in [5.41, 5.74) is 0. The second-order valence-electron chi connectivity index (χ2n) is 3.10. The van der Waals surface area contributed by atoms with Crippen molar-refractivity contribution in [1.29, 1.82) is 0 Å². The predicted octanol–water partition coefficient (Wildman–Crippen LogP) is -0.161.